The summed E-state index contributed by atoms with van der Waals surface area (Å²) in [6.07, 6.45) is -1.05. The van der Waals surface area contributed by atoms with Crippen LogP contribution in [0.4, 0.5) is 8.78 Å². The fraction of sp³-hybridized carbons (Fsp3) is 1.00. The normalized spacial score (nSPS) is 45.3. The van der Waals surface area contributed by atoms with Gasteiger partial charge in [-0.05, 0) is 31.3 Å². The summed E-state index contributed by atoms with van der Waals surface area (Å²) in [4.78, 5) is 0. The fourth-order valence-electron chi connectivity index (χ4n) is 2.20. The third kappa shape index (κ3) is 0.764. The Hall–Kier alpha value is -0.180. The van der Waals surface area contributed by atoms with Crippen LogP contribution >= 0.6 is 0 Å². The van der Waals surface area contributed by atoms with Crippen molar-refractivity contribution >= 4 is 0 Å². The average Bonchev–Trinajstić information content (AvgIpc) is 1.87. The molecule has 2 heterocycles. The van der Waals surface area contributed by atoms with Crippen molar-refractivity contribution in [2.24, 2.45) is 17.8 Å². The Balaban J connectivity index is 1.99. The minimum absolute atomic E-state index is 0.277. The molecule has 1 aliphatic carbocycles. The second kappa shape index (κ2) is 2.16. The molecule has 0 aromatic heterocycles. The van der Waals surface area contributed by atoms with Crippen LogP contribution in [0.2, 0.25) is 0 Å². The average molecular weight is 147 g/mol. The maximum Gasteiger partial charge on any atom is 0.242 e. The molecule has 1 saturated carbocycles. The van der Waals surface area contributed by atoms with E-state index in [1.54, 1.807) is 0 Å². The van der Waals surface area contributed by atoms with Gasteiger partial charge in [0.15, 0.2) is 0 Å². The summed E-state index contributed by atoms with van der Waals surface area (Å²) in [7, 11) is 0. The first-order valence-electron chi connectivity index (χ1n) is 3.78. The molecule has 3 fully saturated rings. The Morgan fingerprint density at radius 3 is 2.10 bits per heavy atom. The molecule has 1 unspecified atom stereocenters. The molecule has 1 N–H and O–H groups in total. The molecule has 2 aliphatic heterocycles. The van der Waals surface area contributed by atoms with Crippen molar-refractivity contribution in [3.8, 4) is 0 Å². The first-order chi connectivity index (χ1) is 4.79. The van der Waals surface area contributed by atoms with Gasteiger partial charge in [0.2, 0.25) is 6.43 Å². The molecular formula is C7H11F2N. The minimum Gasteiger partial charge on any atom is -0.316 e. The second-order valence-corrected chi connectivity index (χ2v) is 3.33. The van der Waals surface area contributed by atoms with Gasteiger partial charge in [-0.2, -0.15) is 0 Å². The number of nitrogens with one attached hydrogen (secondary N) is 1. The van der Waals surface area contributed by atoms with Crippen LogP contribution in [0.15, 0.2) is 0 Å². The molecule has 0 radical (unpaired) electrons. The molecule has 10 heavy (non-hydrogen) atoms. The van der Waals surface area contributed by atoms with E-state index < -0.39 is 6.43 Å². The van der Waals surface area contributed by atoms with Crippen molar-refractivity contribution in [1.82, 2.24) is 5.32 Å². The maximum atomic E-state index is 12.2. The van der Waals surface area contributed by atoms with Crippen LogP contribution in [0.5, 0.6) is 0 Å². The number of piperidine rings is 2. The minimum atomic E-state index is -2.08. The number of hydrogen-bond acceptors (Lipinski definition) is 1. The summed E-state index contributed by atoms with van der Waals surface area (Å²) in [5.74, 6) is 0.277. The topological polar surface area (TPSA) is 12.0 Å². The van der Waals surface area contributed by atoms with Crippen molar-refractivity contribution in [2.45, 2.75) is 12.8 Å². The molecule has 3 heteroatoms. The van der Waals surface area contributed by atoms with Crippen LogP contribution in [-0.2, 0) is 0 Å². The SMILES string of the molecule is FC(F)C1[C@@H]2CNC[C@H]1C2. The highest BCUT2D eigenvalue weighted by molar-refractivity contribution is 4.96. The van der Waals surface area contributed by atoms with E-state index in [0.29, 0.717) is 0 Å². The van der Waals surface area contributed by atoms with Crippen molar-refractivity contribution < 1.29 is 8.78 Å². The lowest BCUT2D eigenvalue weighted by Gasteiger charge is -2.49. The van der Waals surface area contributed by atoms with E-state index in [4.69, 9.17) is 0 Å². The van der Waals surface area contributed by atoms with Gasteiger partial charge in [0.05, 0.1) is 0 Å². The first-order valence-corrected chi connectivity index (χ1v) is 3.78. The Morgan fingerprint density at radius 1 is 1.20 bits per heavy atom. The lowest BCUT2D eigenvalue weighted by molar-refractivity contribution is -0.0799. The molecule has 0 spiro atoms. The second-order valence-electron chi connectivity index (χ2n) is 3.33. The predicted octanol–water partition coefficient (Wildman–Crippen LogP) is 1.11. The number of halogens is 2. The quantitative estimate of drug-likeness (QED) is 0.585. The number of alkyl halides is 2. The molecule has 3 atom stereocenters. The van der Waals surface area contributed by atoms with Gasteiger partial charge >= 0.3 is 0 Å². The van der Waals surface area contributed by atoms with Crippen molar-refractivity contribution in [3.63, 3.8) is 0 Å². The Morgan fingerprint density at radius 2 is 1.80 bits per heavy atom. The van der Waals surface area contributed by atoms with Crippen LogP contribution in [0.25, 0.3) is 0 Å². The monoisotopic (exact) mass is 147 g/mol. The summed E-state index contributed by atoms with van der Waals surface area (Å²) in [6.45, 7) is 1.62. The third-order valence-electron chi connectivity index (χ3n) is 2.80. The summed E-state index contributed by atoms with van der Waals surface area (Å²) < 4.78 is 24.3. The van der Waals surface area contributed by atoms with Crippen LogP contribution < -0.4 is 5.32 Å². The van der Waals surface area contributed by atoms with E-state index in [2.05, 4.69) is 5.32 Å². The molecule has 58 valence electrons. The van der Waals surface area contributed by atoms with Gasteiger partial charge in [0.1, 0.15) is 0 Å². The standard InChI is InChI=1S/C7H11F2N/c8-7(9)6-4-1-5(6)3-10-2-4/h4-7,10H,1-3H2/t4-,5+,6?. The summed E-state index contributed by atoms with van der Waals surface area (Å²) in [6, 6.07) is 0. The zero-order chi connectivity index (χ0) is 7.14. The summed E-state index contributed by atoms with van der Waals surface area (Å²) in [5.41, 5.74) is 0. The maximum absolute atomic E-state index is 12.2. The number of fused-ring (bicyclic) bond motifs is 2. The number of rotatable bonds is 1. The largest absolute Gasteiger partial charge is 0.316 e. The van der Waals surface area contributed by atoms with Gasteiger partial charge in [0, 0.05) is 5.92 Å². The van der Waals surface area contributed by atoms with Gasteiger partial charge in [-0.25, -0.2) is 8.78 Å². The lowest BCUT2D eigenvalue weighted by Crippen LogP contribution is -2.55. The van der Waals surface area contributed by atoms with Crippen molar-refractivity contribution in [3.05, 3.63) is 0 Å². The first kappa shape index (κ1) is 6.53. The zero-order valence-corrected chi connectivity index (χ0v) is 5.69. The van der Waals surface area contributed by atoms with Crippen LogP contribution in [0, 0.1) is 17.8 Å². The third-order valence-corrected chi connectivity index (χ3v) is 2.80. The van der Waals surface area contributed by atoms with E-state index in [1.165, 1.54) is 0 Å². The Kier molecular flexibility index (Phi) is 1.41. The zero-order valence-electron chi connectivity index (χ0n) is 5.69. The molecule has 2 bridgehead atoms. The summed E-state index contributed by atoms with van der Waals surface area (Å²) in [5, 5.41) is 3.14. The van der Waals surface area contributed by atoms with E-state index in [1.807, 2.05) is 0 Å². The highest BCUT2D eigenvalue weighted by atomic mass is 19.3. The Bertz CT molecular complexity index is 124. The van der Waals surface area contributed by atoms with E-state index >= 15 is 0 Å². The number of hydrogen-bond donors (Lipinski definition) is 1. The highest BCUT2D eigenvalue weighted by Gasteiger charge is 2.48. The van der Waals surface area contributed by atoms with Gasteiger partial charge in [-0.15, -0.1) is 0 Å². The molecule has 3 rings (SSSR count). The lowest BCUT2D eigenvalue weighted by atomic mass is 9.62. The highest BCUT2D eigenvalue weighted by Crippen LogP contribution is 2.45. The molecule has 0 aromatic carbocycles. The van der Waals surface area contributed by atoms with Crippen LogP contribution in [0.1, 0.15) is 6.42 Å². The van der Waals surface area contributed by atoms with Gasteiger partial charge in [-0.3, -0.25) is 0 Å². The van der Waals surface area contributed by atoms with E-state index in [0.717, 1.165) is 19.5 Å². The molecule has 0 amide bonds. The van der Waals surface area contributed by atoms with Crippen LogP contribution in [0.3, 0.4) is 0 Å². The van der Waals surface area contributed by atoms with Crippen molar-refractivity contribution in [1.29, 1.82) is 0 Å². The van der Waals surface area contributed by atoms with Gasteiger partial charge < -0.3 is 5.32 Å². The van der Waals surface area contributed by atoms with Crippen LogP contribution in [-0.4, -0.2) is 19.5 Å². The predicted molar refractivity (Wildman–Crippen MR) is 34.0 cm³/mol. The molecule has 0 aromatic rings. The van der Waals surface area contributed by atoms with Crippen molar-refractivity contribution in [2.75, 3.05) is 13.1 Å². The van der Waals surface area contributed by atoms with E-state index in [-0.39, 0.29) is 17.8 Å². The van der Waals surface area contributed by atoms with Gasteiger partial charge in [0.25, 0.3) is 0 Å². The molecule has 1 nitrogen and oxygen atoms in total. The molecule has 2 saturated heterocycles. The smallest absolute Gasteiger partial charge is 0.242 e. The summed E-state index contributed by atoms with van der Waals surface area (Å²) >= 11 is 0. The fourth-order valence-corrected chi connectivity index (χ4v) is 2.20. The van der Waals surface area contributed by atoms with Gasteiger partial charge in [-0.1, -0.05) is 0 Å². The molecular weight excluding hydrogens is 136 g/mol. The molecule has 3 aliphatic rings. The van der Waals surface area contributed by atoms with E-state index in [9.17, 15) is 8.78 Å². The Labute approximate surface area is 58.8 Å².